The molecule has 10 heteroatoms. The molecule has 1 saturated heterocycles. The van der Waals surface area contributed by atoms with Crippen molar-refractivity contribution in [3.63, 3.8) is 0 Å². The Kier molecular flexibility index (Phi) is 5.59. The number of aromatic nitrogens is 3. The number of nitriles is 1. The number of anilines is 1. The van der Waals surface area contributed by atoms with Gasteiger partial charge in [0.15, 0.2) is 11.6 Å². The van der Waals surface area contributed by atoms with Crippen LogP contribution in [0.4, 0.5) is 14.6 Å². The van der Waals surface area contributed by atoms with E-state index >= 15 is 0 Å². The van der Waals surface area contributed by atoms with E-state index in [2.05, 4.69) is 11.1 Å². The van der Waals surface area contributed by atoms with Gasteiger partial charge in [0, 0.05) is 32.2 Å². The highest BCUT2D eigenvalue weighted by Crippen LogP contribution is 2.34. The van der Waals surface area contributed by atoms with Gasteiger partial charge in [-0.3, -0.25) is 9.36 Å². The zero-order valence-electron chi connectivity index (χ0n) is 15.6. The Morgan fingerprint density at radius 1 is 1.31 bits per heavy atom. The molecule has 1 aromatic carbocycles. The number of nitrogens with zero attached hydrogens (tertiary/aromatic N) is 5. The maximum Gasteiger partial charge on any atom is 0.278 e. The summed E-state index contributed by atoms with van der Waals surface area (Å²) in [5, 5.41) is 9.83. The van der Waals surface area contributed by atoms with Gasteiger partial charge >= 0.3 is 0 Å². The number of aryl methyl sites for hydroxylation is 1. The fraction of sp³-hybridized carbons (Fsp3) is 0.316. The molecule has 2 N–H and O–H groups in total. The SMILES string of the molecule is Cl.Cn1cnc2c(C#N)c(N3CCC[C@H](N)C3)n(-c3ccc(F)c(F)c3)c2c1=O. The molecule has 3 heterocycles. The molecule has 3 aromatic rings. The van der Waals surface area contributed by atoms with Gasteiger partial charge < -0.3 is 15.2 Å². The molecule has 0 unspecified atom stereocenters. The van der Waals surface area contributed by atoms with Crippen molar-refractivity contribution in [2.24, 2.45) is 12.8 Å². The lowest BCUT2D eigenvalue weighted by molar-refractivity contribution is 0.500. The molecule has 4 rings (SSSR count). The minimum atomic E-state index is -1.04. The highest BCUT2D eigenvalue weighted by Gasteiger charge is 2.29. The summed E-state index contributed by atoms with van der Waals surface area (Å²) in [6.45, 7) is 1.11. The number of halogens is 3. The molecule has 0 saturated carbocycles. The summed E-state index contributed by atoms with van der Waals surface area (Å²) in [5.41, 5.74) is 6.54. The predicted molar refractivity (Wildman–Crippen MR) is 108 cm³/mol. The van der Waals surface area contributed by atoms with Crippen molar-refractivity contribution >= 4 is 29.3 Å². The van der Waals surface area contributed by atoms with Crippen molar-refractivity contribution in [3.8, 4) is 11.8 Å². The van der Waals surface area contributed by atoms with Gasteiger partial charge in [-0.05, 0) is 25.0 Å². The van der Waals surface area contributed by atoms with Crippen LogP contribution >= 0.6 is 12.4 Å². The molecule has 1 aliphatic rings. The van der Waals surface area contributed by atoms with Crippen molar-refractivity contribution in [1.29, 1.82) is 5.26 Å². The van der Waals surface area contributed by atoms with Gasteiger partial charge in [0.05, 0.1) is 12.0 Å². The fourth-order valence-corrected chi connectivity index (χ4v) is 3.71. The van der Waals surface area contributed by atoms with Crippen LogP contribution in [0.15, 0.2) is 29.3 Å². The number of fused-ring (bicyclic) bond motifs is 1. The van der Waals surface area contributed by atoms with Crippen LogP contribution in [0.5, 0.6) is 0 Å². The Labute approximate surface area is 171 Å². The van der Waals surface area contributed by atoms with Crippen molar-refractivity contribution < 1.29 is 8.78 Å². The summed E-state index contributed by atoms with van der Waals surface area (Å²) in [6, 6.07) is 5.42. The molecule has 0 radical (unpaired) electrons. The monoisotopic (exact) mass is 420 g/mol. The number of benzene rings is 1. The van der Waals surface area contributed by atoms with Crippen LogP contribution in [-0.2, 0) is 7.05 Å². The first-order valence-corrected chi connectivity index (χ1v) is 8.88. The highest BCUT2D eigenvalue weighted by molar-refractivity contribution is 5.91. The van der Waals surface area contributed by atoms with Crippen LogP contribution in [0, 0.1) is 23.0 Å². The minimum absolute atomic E-state index is 0. The minimum Gasteiger partial charge on any atom is -0.355 e. The maximum absolute atomic E-state index is 14.0. The topological polar surface area (TPSA) is 92.9 Å². The van der Waals surface area contributed by atoms with Gasteiger partial charge in [0.2, 0.25) is 0 Å². The van der Waals surface area contributed by atoms with Gasteiger partial charge in [-0.2, -0.15) is 5.26 Å². The van der Waals surface area contributed by atoms with Crippen LogP contribution in [-0.4, -0.2) is 33.2 Å². The predicted octanol–water partition coefficient (Wildman–Crippen LogP) is 2.22. The van der Waals surface area contributed by atoms with E-state index in [0.717, 1.165) is 25.0 Å². The lowest BCUT2D eigenvalue weighted by Crippen LogP contribution is -2.43. The zero-order valence-corrected chi connectivity index (χ0v) is 16.4. The van der Waals surface area contributed by atoms with Crippen molar-refractivity contribution in [2.75, 3.05) is 18.0 Å². The van der Waals surface area contributed by atoms with Crippen LogP contribution in [0.3, 0.4) is 0 Å². The van der Waals surface area contributed by atoms with E-state index in [9.17, 15) is 18.8 Å². The molecule has 1 atom stereocenters. The smallest absolute Gasteiger partial charge is 0.278 e. The van der Waals surface area contributed by atoms with E-state index in [1.165, 1.54) is 21.5 Å². The summed E-state index contributed by atoms with van der Waals surface area (Å²) >= 11 is 0. The maximum atomic E-state index is 14.0. The van der Waals surface area contributed by atoms with Crippen molar-refractivity contribution in [2.45, 2.75) is 18.9 Å². The molecule has 1 fully saturated rings. The van der Waals surface area contributed by atoms with E-state index in [1.54, 1.807) is 7.05 Å². The summed E-state index contributed by atoms with van der Waals surface area (Å²) in [5.74, 6) is -1.61. The number of hydrogen-bond donors (Lipinski definition) is 1. The average molecular weight is 421 g/mol. The van der Waals surface area contributed by atoms with E-state index in [-0.39, 0.29) is 40.7 Å². The van der Waals surface area contributed by atoms with Crippen molar-refractivity contribution in [3.05, 3.63) is 52.1 Å². The molecule has 0 spiro atoms. The van der Waals surface area contributed by atoms with E-state index in [4.69, 9.17) is 5.73 Å². The molecule has 2 aromatic heterocycles. The first-order chi connectivity index (χ1) is 13.4. The summed E-state index contributed by atoms with van der Waals surface area (Å²) < 4.78 is 30.3. The Hall–Kier alpha value is -2.96. The Morgan fingerprint density at radius 3 is 2.72 bits per heavy atom. The molecular weight excluding hydrogens is 402 g/mol. The van der Waals surface area contributed by atoms with Gasteiger partial charge in [-0.1, -0.05) is 0 Å². The van der Waals surface area contributed by atoms with Crippen LogP contribution in [0.25, 0.3) is 16.7 Å². The molecule has 0 aliphatic carbocycles. The summed E-state index contributed by atoms with van der Waals surface area (Å²) in [4.78, 5) is 19.1. The Morgan fingerprint density at radius 2 is 2.07 bits per heavy atom. The summed E-state index contributed by atoms with van der Waals surface area (Å²) in [6.07, 6.45) is 3.01. The third kappa shape index (κ3) is 3.34. The third-order valence-electron chi connectivity index (χ3n) is 5.03. The van der Waals surface area contributed by atoms with Crippen molar-refractivity contribution in [1.82, 2.24) is 14.1 Å². The van der Waals surface area contributed by atoms with Gasteiger partial charge in [0.25, 0.3) is 5.56 Å². The molecule has 7 nitrogen and oxygen atoms in total. The first kappa shape index (κ1) is 20.8. The van der Waals surface area contributed by atoms with Gasteiger partial charge in [-0.15, -0.1) is 12.4 Å². The number of nitrogens with two attached hydrogens (primary N) is 1. The molecular formula is C19H19ClF2N6O. The first-order valence-electron chi connectivity index (χ1n) is 8.88. The molecule has 29 heavy (non-hydrogen) atoms. The Balaban J connectivity index is 0.00000240. The lowest BCUT2D eigenvalue weighted by atomic mass is 10.1. The van der Waals surface area contributed by atoms with Crippen LogP contribution in [0.2, 0.25) is 0 Å². The fourth-order valence-electron chi connectivity index (χ4n) is 3.71. The largest absolute Gasteiger partial charge is 0.355 e. The van der Waals surface area contributed by atoms with E-state index < -0.39 is 17.2 Å². The lowest BCUT2D eigenvalue weighted by Gasteiger charge is -2.33. The second-order valence-corrected chi connectivity index (χ2v) is 6.95. The van der Waals surface area contributed by atoms with Gasteiger partial charge in [0.1, 0.15) is 28.5 Å². The van der Waals surface area contributed by atoms with E-state index in [1.807, 2.05) is 4.90 Å². The second kappa shape index (κ2) is 7.81. The van der Waals surface area contributed by atoms with E-state index in [0.29, 0.717) is 18.9 Å². The summed E-state index contributed by atoms with van der Waals surface area (Å²) in [7, 11) is 1.54. The van der Waals surface area contributed by atoms with Crippen LogP contribution < -0.4 is 16.2 Å². The number of rotatable bonds is 2. The normalized spacial score (nSPS) is 16.5. The highest BCUT2D eigenvalue weighted by atomic mass is 35.5. The third-order valence-corrected chi connectivity index (χ3v) is 5.03. The average Bonchev–Trinajstić information content (AvgIpc) is 3.02. The molecule has 1 aliphatic heterocycles. The Bertz CT molecular complexity index is 1180. The van der Waals surface area contributed by atoms with Crippen LogP contribution in [0.1, 0.15) is 18.4 Å². The zero-order chi connectivity index (χ0) is 20.0. The number of piperidine rings is 1. The standard InChI is InChI=1S/C19H18F2N6O.ClH/c1-25-10-24-16-13(8-22)18(26-6-2-3-11(23)9-26)27(17(16)19(25)28)12-4-5-14(20)15(21)7-12;/h4-5,7,10-11H,2-3,6,9,23H2,1H3;1H/t11-;/m0./s1. The second-order valence-electron chi connectivity index (χ2n) is 6.95. The quantitative estimate of drug-likeness (QED) is 0.686. The molecule has 0 bridgehead atoms. The molecule has 152 valence electrons. The molecule has 0 amide bonds. The number of hydrogen-bond acceptors (Lipinski definition) is 5. The van der Waals surface area contributed by atoms with Gasteiger partial charge in [-0.25, -0.2) is 13.8 Å².